The number of pyridine rings is 1. The minimum Gasteiger partial charge on any atom is -0.487 e. The Hall–Kier alpha value is -2.68. The predicted octanol–water partition coefficient (Wildman–Crippen LogP) is 4.59. The molecule has 30 heavy (non-hydrogen) atoms. The van der Waals surface area contributed by atoms with Crippen LogP contribution in [0.15, 0.2) is 71.9 Å². The smallest absolute Gasteiger partial charge is 0.191 e. The van der Waals surface area contributed by atoms with Gasteiger partial charge in [-0.05, 0) is 53.9 Å². The number of nitrogens with zero attached hydrogens (tertiary/aromatic N) is 2. The van der Waals surface area contributed by atoms with E-state index in [1.54, 1.807) is 32.3 Å². The lowest BCUT2D eigenvalue weighted by Crippen LogP contribution is -2.36. The molecule has 0 amide bonds. The van der Waals surface area contributed by atoms with E-state index in [-0.39, 0.29) is 29.8 Å². The minimum absolute atomic E-state index is 0. The first kappa shape index (κ1) is 23.6. The third kappa shape index (κ3) is 7.29. The Bertz CT molecular complexity index is 949. The van der Waals surface area contributed by atoms with Crippen LogP contribution in [-0.2, 0) is 19.7 Å². The lowest BCUT2D eigenvalue weighted by atomic mass is 10.1. The average molecular weight is 520 g/mol. The molecule has 2 aromatic carbocycles. The molecular weight excluding hydrogens is 494 g/mol. The zero-order chi connectivity index (χ0) is 20.5. The molecule has 1 aromatic heterocycles. The van der Waals surface area contributed by atoms with E-state index in [2.05, 4.69) is 20.6 Å². The Morgan fingerprint density at radius 1 is 1.00 bits per heavy atom. The van der Waals surface area contributed by atoms with Gasteiger partial charge in [0, 0.05) is 26.3 Å². The Morgan fingerprint density at radius 2 is 1.70 bits per heavy atom. The molecule has 3 rings (SSSR count). The maximum Gasteiger partial charge on any atom is 0.191 e. The first-order chi connectivity index (χ1) is 14.1. The summed E-state index contributed by atoms with van der Waals surface area (Å²) in [6, 6.07) is 18.9. The summed E-state index contributed by atoms with van der Waals surface area (Å²) in [5.41, 5.74) is 3.50. The molecule has 0 aliphatic carbocycles. The Labute approximate surface area is 193 Å². The summed E-state index contributed by atoms with van der Waals surface area (Å²) in [5.74, 6) is 1.25. The molecule has 0 spiro atoms. The number of benzene rings is 2. The Kier molecular flexibility index (Phi) is 9.53. The number of halogens is 2. The molecule has 0 radical (unpaired) electrons. The van der Waals surface area contributed by atoms with Crippen molar-refractivity contribution in [2.45, 2.75) is 26.6 Å². The number of rotatable bonds is 7. The second kappa shape index (κ2) is 12.1. The Balaban J connectivity index is 0.00000320. The van der Waals surface area contributed by atoms with Crippen LogP contribution in [0.2, 0.25) is 0 Å². The number of aliphatic imine (C=N–C) groups is 1. The number of hydrogen-bond donors (Lipinski definition) is 2. The molecular formula is C23H26FIN4O. The molecule has 0 unspecified atom stereocenters. The first-order valence-corrected chi connectivity index (χ1v) is 9.45. The first-order valence-electron chi connectivity index (χ1n) is 9.45. The standard InChI is InChI=1S/C23H25FN4O.HI/c1-17-6-7-19(13-22(17)24)15-28-23(25-2)27-14-18-8-10-21(11-9-18)29-16-20-5-3-4-12-26-20;/h3-13H,14-16H2,1-2H3,(H2,25,27,28);1H. The van der Waals surface area contributed by atoms with E-state index in [9.17, 15) is 4.39 Å². The van der Waals surface area contributed by atoms with Gasteiger partial charge in [-0.2, -0.15) is 0 Å². The minimum atomic E-state index is -0.197. The van der Waals surface area contributed by atoms with Crippen LogP contribution in [0.4, 0.5) is 4.39 Å². The summed E-state index contributed by atoms with van der Waals surface area (Å²) in [6.07, 6.45) is 1.75. The number of ether oxygens (including phenoxy) is 1. The van der Waals surface area contributed by atoms with Crippen molar-refractivity contribution in [2.75, 3.05) is 7.05 Å². The van der Waals surface area contributed by atoms with Gasteiger partial charge in [0.25, 0.3) is 0 Å². The summed E-state index contributed by atoms with van der Waals surface area (Å²) in [6.45, 7) is 3.30. The monoisotopic (exact) mass is 520 g/mol. The van der Waals surface area contributed by atoms with Crippen molar-refractivity contribution >= 4 is 29.9 Å². The summed E-state index contributed by atoms with van der Waals surface area (Å²) < 4.78 is 19.4. The lowest BCUT2D eigenvalue weighted by molar-refractivity contribution is 0.301. The SMILES string of the molecule is CN=C(NCc1ccc(OCc2ccccn2)cc1)NCc1ccc(C)c(F)c1.I. The third-order valence-electron chi connectivity index (χ3n) is 4.42. The quantitative estimate of drug-likeness (QED) is 0.272. The van der Waals surface area contributed by atoms with Crippen molar-refractivity contribution in [2.24, 2.45) is 4.99 Å². The zero-order valence-electron chi connectivity index (χ0n) is 17.1. The number of nitrogens with one attached hydrogen (secondary N) is 2. The summed E-state index contributed by atoms with van der Waals surface area (Å²) in [5, 5.41) is 6.45. The van der Waals surface area contributed by atoms with E-state index in [0.717, 1.165) is 22.6 Å². The van der Waals surface area contributed by atoms with Crippen LogP contribution < -0.4 is 15.4 Å². The molecule has 1 heterocycles. The van der Waals surface area contributed by atoms with Gasteiger partial charge in [-0.25, -0.2) is 4.39 Å². The number of aromatic nitrogens is 1. The van der Waals surface area contributed by atoms with Crippen LogP contribution in [0, 0.1) is 12.7 Å². The molecule has 0 saturated carbocycles. The fourth-order valence-electron chi connectivity index (χ4n) is 2.68. The highest BCUT2D eigenvalue weighted by Gasteiger charge is 2.03. The van der Waals surface area contributed by atoms with Gasteiger partial charge in [0.1, 0.15) is 18.2 Å². The van der Waals surface area contributed by atoms with Crippen molar-refractivity contribution in [1.29, 1.82) is 0 Å². The van der Waals surface area contributed by atoms with E-state index in [1.807, 2.05) is 48.5 Å². The lowest BCUT2D eigenvalue weighted by Gasteiger charge is -2.13. The van der Waals surface area contributed by atoms with Gasteiger partial charge in [0.2, 0.25) is 0 Å². The fourth-order valence-corrected chi connectivity index (χ4v) is 2.68. The molecule has 0 bridgehead atoms. The summed E-state index contributed by atoms with van der Waals surface area (Å²) in [4.78, 5) is 8.45. The van der Waals surface area contributed by atoms with E-state index < -0.39 is 0 Å². The van der Waals surface area contributed by atoms with Crippen LogP contribution in [0.3, 0.4) is 0 Å². The molecule has 0 saturated heterocycles. The molecule has 0 atom stereocenters. The van der Waals surface area contributed by atoms with Crippen LogP contribution in [0.5, 0.6) is 5.75 Å². The number of aryl methyl sites for hydroxylation is 1. The molecule has 5 nitrogen and oxygen atoms in total. The molecule has 7 heteroatoms. The van der Waals surface area contributed by atoms with Gasteiger partial charge < -0.3 is 15.4 Å². The second-order valence-corrected chi connectivity index (χ2v) is 6.62. The van der Waals surface area contributed by atoms with Gasteiger partial charge in [-0.15, -0.1) is 24.0 Å². The van der Waals surface area contributed by atoms with E-state index >= 15 is 0 Å². The highest BCUT2D eigenvalue weighted by Crippen LogP contribution is 2.14. The predicted molar refractivity (Wildman–Crippen MR) is 129 cm³/mol. The molecule has 0 aliphatic rings. The van der Waals surface area contributed by atoms with Gasteiger partial charge in [-0.3, -0.25) is 9.98 Å². The molecule has 2 N–H and O–H groups in total. The van der Waals surface area contributed by atoms with Crippen molar-refractivity contribution in [3.05, 3.63) is 95.1 Å². The summed E-state index contributed by atoms with van der Waals surface area (Å²) in [7, 11) is 1.71. The van der Waals surface area contributed by atoms with Crippen LogP contribution in [-0.4, -0.2) is 18.0 Å². The zero-order valence-corrected chi connectivity index (χ0v) is 19.4. The maximum atomic E-state index is 13.7. The Morgan fingerprint density at radius 3 is 2.33 bits per heavy atom. The highest BCUT2D eigenvalue weighted by atomic mass is 127. The number of hydrogen-bond acceptors (Lipinski definition) is 3. The van der Waals surface area contributed by atoms with Crippen molar-refractivity contribution < 1.29 is 9.13 Å². The van der Waals surface area contributed by atoms with Gasteiger partial charge in [0.15, 0.2) is 5.96 Å². The van der Waals surface area contributed by atoms with Crippen LogP contribution >= 0.6 is 24.0 Å². The molecule has 0 aliphatic heterocycles. The molecule has 0 fully saturated rings. The topological polar surface area (TPSA) is 58.5 Å². The average Bonchev–Trinajstić information content (AvgIpc) is 2.76. The van der Waals surface area contributed by atoms with Crippen molar-refractivity contribution in [1.82, 2.24) is 15.6 Å². The van der Waals surface area contributed by atoms with Gasteiger partial charge in [0.05, 0.1) is 5.69 Å². The van der Waals surface area contributed by atoms with E-state index in [0.29, 0.717) is 31.2 Å². The van der Waals surface area contributed by atoms with E-state index in [4.69, 9.17) is 4.74 Å². The van der Waals surface area contributed by atoms with Gasteiger partial charge in [-0.1, -0.05) is 30.3 Å². The highest BCUT2D eigenvalue weighted by molar-refractivity contribution is 14.0. The molecule has 3 aromatic rings. The van der Waals surface area contributed by atoms with Gasteiger partial charge >= 0.3 is 0 Å². The van der Waals surface area contributed by atoms with Crippen molar-refractivity contribution in [3.63, 3.8) is 0 Å². The maximum absolute atomic E-state index is 13.7. The van der Waals surface area contributed by atoms with Crippen molar-refractivity contribution in [3.8, 4) is 5.75 Å². The number of guanidine groups is 1. The largest absolute Gasteiger partial charge is 0.487 e. The molecule has 158 valence electrons. The van der Waals surface area contributed by atoms with Crippen LogP contribution in [0.1, 0.15) is 22.4 Å². The van der Waals surface area contributed by atoms with E-state index in [1.165, 1.54) is 0 Å². The second-order valence-electron chi connectivity index (χ2n) is 6.62. The van der Waals surface area contributed by atoms with Crippen LogP contribution in [0.25, 0.3) is 0 Å². The third-order valence-corrected chi connectivity index (χ3v) is 4.42. The summed E-state index contributed by atoms with van der Waals surface area (Å²) >= 11 is 0. The fraction of sp³-hybridized carbons (Fsp3) is 0.217. The normalized spacial score (nSPS) is 10.8.